The Balaban J connectivity index is 1.61. The number of thioether (sulfide) groups is 1. The van der Waals surface area contributed by atoms with Gasteiger partial charge in [-0.15, -0.1) is 0 Å². The van der Waals surface area contributed by atoms with Gasteiger partial charge < -0.3 is 15.0 Å². The molecule has 0 radical (unpaired) electrons. The number of ether oxygens (including phenoxy) is 1. The molecule has 0 atom stereocenters. The quantitative estimate of drug-likeness (QED) is 0.924. The van der Waals surface area contributed by atoms with Crippen molar-refractivity contribution >= 4 is 28.5 Å². The fourth-order valence-electron chi connectivity index (χ4n) is 2.19. The van der Waals surface area contributed by atoms with Crippen LogP contribution in [0.2, 0.25) is 0 Å². The van der Waals surface area contributed by atoms with E-state index in [4.69, 9.17) is 4.74 Å². The first-order chi connectivity index (χ1) is 9.76. The van der Waals surface area contributed by atoms with Crippen molar-refractivity contribution in [3.05, 3.63) is 35.4 Å². The lowest BCUT2D eigenvalue weighted by Gasteiger charge is -2.16. The van der Waals surface area contributed by atoms with Crippen LogP contribution in [0.5, 0.6) is 5.75 Å². The average molecular weight is 289 g/mol. The Morgan fingerprint density at radius 1 is 1.55 bits per heavy atom. The van der Waals surface area contributed by atoms with Crippen LogP contribution in [-0.2, 0) is 4.79 Å². The van der Waals surface area contributed by atoms with Crippen molar-refractivity contribution in [1.82, 2.24) is 4.90 Å². The van der Waals surface area contributed by atoms with Crippen LogP contribution >= 0.6 is 11.8 Å². The van der Waals surface area contributed by atoms with Crippen LogP contribution in [0, 0.1) is 0 Å². The van der Waals surface area contributed by atoms with Gasteiger partial charge in [-0.2, -0.15) is 0 Å². The fraction of sp³-hybridized carbons (Fsp3) is 0.286. The highest BCUT2D eigenvalue weighted by molar-refractivity contribution is 8.16. The molecule has 2 aliphatic heterocycles. The van der Waals surface area contributed by atoms with Gasteiger partial charge in [0.05, 0.1) is 20.1 Å². The molecule has 5 nitrogen and oxygen atoms in total. The summed E-state index contributed by atoms with van der Waals surface area (Å²) in [6, 6.07) is 7.35. The summed E-state index contributed by atoms with van der Waals surface area (Å²) in [4.78, 5) is 18.6. The Hall–Kier alpha value is -1.95. The number of nitrogens with zero attached hydrogens (tertiary/aromatic N) is 2. The Kier molecular flexibility index (Phi) is 3.64. The number of carbonyl (C=O) groups excluding carboxylic acids is 1. The molecule has 1 N–H and O–H groups in total. The number of amides is 1. The molecule has 2 aliphatic rings. The number of rotatable bonds is 4. The number of amidine groups is 1. The number of benzene rings is 1. The Morgan fingerprint density at radius 2 is 2.45 bits per heavy atom. The third-order valence-electron chi connectivity index (χ3n) is 3.14. The van der Waals surface area contributed by atoms with E-state index in [1.165, 1.54) is 0 Å². The lowest BCUT2D eigenvalue weighted by atomic mass is 10.2. The molecule has 0 aliphatic carbocycles. The van der Waals surface area contributed by atoms with Gasteiger partial charge in [0, 0.05) is 24.0 Å². The SMILES string of the molecule is COc1cccc(NC(=O)CC2=CSC3=NCCN23)c1. The molecule has 0 fully saturated rings. The van der Waals surface area contributed by atoms with Crippen LogP contribution in [0.15, 0.2) is 40.4 Å². The molecule has 104 valence electrons. The van der Waals surface area contributed by atoms with Gasteiger partial charge in [-0.1, -0.05) is 17.8 Å². The number of hydrogen-bond acceptors (Lipinski definition) is 5. The van der Waals surface area contributed by atoms with Crippen molar-refractivity contribution in [2.75, 3.05) is 25.5 Å². The molecule has 1 aromatic rings. The molecule has 0 bridgehead atoms. The lowest BCUT2D eigenvalue weighted by molar-refractivity contribution is -0.115. The molecule has 1 amide bonds. The van der Waals surface area contributed by atoms with Crippen molar-refractivity contribution in [3.8, 4) is 5.75 Å². The molecule has 3 rings (SSSR count). The van der Waals surface area contributed by atoms with E-state index < -0.39 is 0 Å². The predicted molar refractivity (Wildman–Crippen MR) is 80.9 cm³/mol. The maximum atomic E-state index is 12.1. The zero-order chi connectivity index (χ0) is 13.9. The summed E-state index contributed by atoms with van der Waals surface area (Å²) < 4.78 is 5.14. The fourth-order valence-corrected chi connectivity index (χ4v) is 3.14. The lowest BCUT2D eigenvalue weighted by Crippen LogP contribution is -2.24. The average Bonchev–Trinajstić information content (AvgIpc) is 3.04. The van der Waals surface area contributed by atoms with E-state index in [1.807, 2.05) is 23.6 Å². The van der Waals surface area contributed by atoms with Gasteiger partial charge in [0.25, 0.3) is 0 Å². The normalized spacial score (nSPS) is 16.6. The van der Waals surface area contributed by atoms with Gasteiger partial charge in [0.2, 0.25) is 5.91 Å². The van der Waals surface area contributed by atoms with Crippen LogP contribution in [0.1, 0.15) is 6.42 Å². The van der Waals surface area contributed by atoms with Gasteiger partial charge in [-0.05, 0) is 17.5 Å². The van der Waals surface area contributed by atoms with Gasteiger partial charge >= 0.3 is 0 Å². The van der Waals surface area contributed by atoms with Gasteiger partial charge in [-0.25, -0.2) is 0 Å². The molecule has 20 heavy (non-hydrogen) atoms. The zero-order valence-electron chi connectivity index (χ0n) is 11.1. The third kappa shape index (κ3) is 2.65. The van der Waals surface area contributed by atoms with Gasteiger partial charge in [0.1, 0.15) is 5.75 Å². The second kappa shape index (κ2) is 5.58. The minimum absolute atomic E-state index is 0.0294. The summed E-state index contributed by atoms with van der Waals surface area (Å²) in [7, 11) is 1.61. The highest BCUT2D eigenvalue weighted by atomic mass is 32.2. The highest BCUT2D eigenvalue weighted by Gasteiger charge is 2.27. The molecule has 0 saturated heterocycles. The van der Waals surface area contributed by atoms with Crippen molar-refractivity contribution in [1.29, 1.82) is 0 Å². The Labute approximate surface area is 121 Å². The minimum Gasteiger partial charge on any atom is -0.497 e. The van der Waals surface area contributed by atoms with Crippen LogP contribution < -0.4 is 10.1 Å². The molecule has 0 unspecified atom stereocenters. The highest BCUT2D eigenvalue weighted by Crippen LogP contribution is 2.31. The van der Waals surface area contributed by atoms with E-state index in [0.717, 1.165) is 35.4 Å². The van der Waals surface area contributed by atoms with E-state index in [2.05, 4.69) is 15.2 Å². The van der Waals surface area contributed by atoms with E-state index >= 15 is 0 Å². The van der Waals surface area contributed by atoms with Crippen molar-refractivity contribution in [3.63, 3.8) is 0 Å². The molecule has 1 aromatic carbocycles. The maximum Gasteiger partial charge on any atom is 0.230 e. The molecule has 0 saturated carbocycles. The summed E-state index contributed by atoms with van der Waals surface area (Å²) >= 11 is 1.59. The summed E-state index contributed by atoms with van der Waals surface area (Å²) in [5.41, 5.74) is 1.77. The van der Waals surface area contributed by atoms with Crippen LogP contribution in [0.25, 0.3) is 0 Å². The third-order valence-corrected chi connectivity index (χ3v) is 4.09. The number of fused-ring (bicyclic) bond motifs is 1. The van der Waals surface area contributed by atoms with Crippen LogP contribution in [0.4, 0.5) is 5.69 Å². The second-order valence-electron chi connectivity index (χ2n) is 4.50. The second-order valence-corrected chi connectivity index (χ2v) is 5.34. The molecular weight excluding hydrogens is 274 g/mol. The first-order valence-corrected chi connectivity index (χ1v) is 7.26. The topological polar surface area (TPSA) is 53.9 Å². The minimum atomic E-state index is -0.0294. The number of carbonyl (C=O) groups is 1. The standard InChI is InChI=1S/C14H15N3O2S/c1-19-12-4-2-3-10(7-12)16-13(18)8-11-9-20-14-15-5-6-17(11)14/h2-4,7,9H,5-6,8H2,1H3,(H,16,18). The van der Waals surface area contributed by atoms with Crippen LogP contribution in [-0.4, -0.2) is 36.2 Å². The molecule has 0 aromatic heterocycles. The maximum absolute atomic E-state index is 12.1. The van der Waals surface area contributed by atoms with Crippen molar-refractivity contribution in [2.45, 2.75) is 6.42 Å². The Morgan fingerprint density at radius 3 is 3.30 bits per heavy atom. The summed E-state index contributed by atoms with van der Waals surface area (Å²) in [5, 5.41) is 5.90. The van der Waals surface area contributed by atoms with Gasteiger partial charge in [-0.3, -0.25) is 9.79 Å². The number of aliphatic imine (C=N–C) groups is 1. The predicted octanol–water partition coefficient (Wildman–Crippen LogP) is 2.28. The molecule has 0 spiro atoms. The first kappa shape index (κ1) is 13.1. The monoisotopic (exact) mass is 289 g/mol. The zero-order valence-corrected chi connectivity index (χ0v) is 11.9. The summed E-state index contributed by atoms with van der Waals surface area (Å²) in [6.45, 7) is 1.69. The van der Waals surface area contributed by atoms with E-state index in [1.54, 1.807) is 24.9 Å². The largest absolute Gasteiger partial charge is 0.497 e. The van der Waals surface area contributed by atoms with E-state index in [-0.39, 0.29) is 5.91 Å². The smallest absolute Gasteiger partial charge is 0.230 e. The van der Waals surface area contributed by atoms with E-state index in [0.29, 0.717) is 6.42 Å². The molecule has 6 heteroatoms. The van der Waals surface area contributed by atoms with Crippen molar-refractivity contribution < 1.29 is 9.53 Å². The van der Waals surface area contributed by atoms with Crippen LogP contribution in [0.3, 0.4) is 0 Å². The molecule has 2 heterocycles. The number of methoxy groups -OCH3 is 1. The van der Waals surface area contributed by atoms with Gasteiger partial charge in [0.15, 0.2) is 5.17 Å². The van der Waals surface area contributed by atoms with E-state index in [9.17, 15) is 4.79 Å². The summed E-state index contributed by atoms with van der Waals surface area (Å²) in [6.07, 6.45) is 0.364. The Bertz CT molecular complexity index is 598. The summed E-state index contributed by atoms with van der Waals surface area (Å²) in [5.74, 6) is 0.700. The number of hydrogen-bond donors (Lipinski definition) is 1. The first-order valence-electron chi connectivity index (χ1n) is 6.38. The number of nitrogens with one attached hydrogen (secondary N) is 1. The van der Waals surface area contributed by atoms with Crippen molar-refractivity contribution in [2.24, 2.45) is 4.99 Å². The molecular formula is C14H15N3O2S. The number of anilines is 1.